The zero-order chi connectivity index (χ0) is 12.8. The number of carbonyl (C=O) groups is 2. The van der Waals surface area contributed by atoms with Crippen molar-refractivity contribution < 1.29 is 14.7 Å². The van der Waals surface area contributed by atoms with Crippen molar-refractivity contribution in [2.75, 3.05) is 20.1 Å². The molecule has 0 spiro atoms. The molecule has 5 nitrogen and oxygen atoms in total. The van der Waals surface area contributed by atoms with Crippen LogP contribution in [0, 0.1) is 0 Å². The van der Waals surface area contributed by atoms with Gasteiger partial charge in [0.1, 0.15) is 6.54 Å². The molecule has 0 fully saturated rings. The molecule has 0 aromatic heterocycles. The molecule has 0 rings (SSSR count). The molecule has 16 heavy (non-hydrogen) atoms. The summed E-state index contributed by atoms with van der Waals surface area (Å²) in [5.74, 6) is -1.08. The average molecular weight is 230 g/mol. The fourth-order valence-corrected chi connectivity index (χ4v) is 1.39. The summed E-state index contributed by atoms with van der Waals surface area (Å²) >= 11 is 0. The molecule has 0 aliphatic rings. The molecule has 0 bridgehead atoms. The van der Waals surface area contributed by atoms with Crippen LogP contribution in [0.3, 0.4) is 0 Å². The first kappa shape index (κ1) is 14.9. The number of aliphatic carboxylic acids is 1. The molecule has 0 radical (unpaired) electrons. The smallest absolute Gasteiger partial charge is 0.323 e. The van der Waals surface area contributed by atoms with Gasteiger partial charge in [-0.25, -0.2) is 0 Å². The van der Waals surface area contributed by atoms with E-state index in [0.29, 0.717) is 6.42 Å². The predicted molar refractivity (Wildman–Crippen MR) is 62.3 cm³/mol. The van der Waals surface area contributed by atoms with Crippen molar-refractivity contribution in [2.45, 2.75) is 39.2 Å². The Morgan fingerprint density at radius 2 is 1.88 bits per heavy atom. The van der Waals surface area contributed by atoms with Gasteiger partial charge in [-0.05, 0) is 40.8 Å². The fraction of sp³-hybridized carbons (Fsp3) is 0.818. The van der Waals surface area contributed by atoms with Crippen molar-refractivity contribution in [1.82, 2.24) is 10.2 Å². The largest absolute Gasteiger partial charge is 0.480 e. The zero-order valence-electron chi connectivity index (χ0n) is 10.5. The number of carboxylic acid groups (broad SMARTS) is 1. The Morgan fingerprint density at radius 1 is 1.31 bits per heavy atom. The van der Waals surface area contributed by atoms with Gasteiger partial charge in [-0.1, -0.05) is 0 Å². The highest BCUT2D eigenvalue weighted by molar-refractivity contribution is 5.82. The minimum Gasteiger partial charge on any atom is -0.480 e. The quantitative estimate of drug-likeness (QED) is 0.659. The van der Waals surface area contributed by atoms with Crippen LogP contribution in [0.1, 0.15) is 33.6 Å². The summed E-state index contributed by atoms with van der Waals surface area (Å²) in [6.07, 6.45) is 1.10. The molecule has 0 atom stereocenters. The third kappa shape index (κ3) is 5.70. The normalized spacial score (nSPS) is 11.2. The molecule has 2 N–H and O–H groups in total. The number of nitrogens with zero attached hydrogens (tertiary/aromatic N) is 1. The van der Waals surface area contributed by atoms with Gasteiger partial charge < -0.3 is 15.3 Å². The third-order valence-electron chi connectivity index (χ3n) is 2.22. The Balaban J connectivity index is 4.39. The second-order valence-corrected chi connectivity index (χ2v) is 4.75. The second-order valence-electron chi connectivity index (χ2n) is 4.75. The molecule has 0 aromatic carbocycles. The minimum atomic E-state index is -0.975. The van der Waals surface area contributed by atoms with Crippen LogP contribution in [0.2, 0.25) is 0 Å². The zero-order valence-corrected chi connectivity index (χ0v) is 10.5. The van der Waals surface area contributed by atoms with Crippen LogP contribution in [-0.4, -0.2) is 47.6 Å². The number of amides is 1. The van der Waals surface area contributed by atoms with E-state index in [1.54, 1.807) is 0 Å². The van der Waals surface area contributed by atoms with Gasteiger partial charge in [-0.15, -0.1) is 0 Å². The summed E-state index contributed by atoms with van der Waals surface area (Å²) in [5.41, 5.74) is -0.449. The number of hydrogen-bond donors (Lipinski definition) is 2. The van der Waals surface area contributed by atoms with Gasteiger partial charge in [0.05, 0.1) is 0 Å². The summed E-state index contributed by atoms with van der Waals surface area (Å²) in [7, 11) is 1.82. The molecule has 0 saturated carbocycles. The highest BCUT2D eigenvalue weighted by Crippen LogP contribution is 2.14. The number of hydrogen-bond acceptors (Lipinski definition) is 3. The summed E-state index contributed by atoms with van der Waals surface area (Å²) in [4.78, 5) is 23.9. The van der Waals surface area contributed by atoms with E-state index in [2.05, 4.69) is 5.32 Å². The second kappa shape index (κ2) is 6.48. The molecule has 0 heterocycles. The van der Waals surface area contributed by atoms with E-state index in [1.165, 1.54) is 4.90 Å². The Kier molecular flexibility index (Phi) is 6.03. The minimum absolute atomic E-state index is 0.106. The third-order valence-corrected chi connectivity index (χ3v) is 2.22. The number of carboxylic acids is 1. The highest BCUT2D eigenvalue weighted by Gasteiger charge is 2.27. The van der Waals surface area contributed by atoms with Crippen molar-refractivity contribution >= 4 is 11.9 Å². The van der Waals surface area contributed by atoms with E-state index in [0.717, 1.165) is 13.0 Å². The Hall–Kier alpha value is -1.10. The van der Waals surface area contributed by atoms with Crippen molar-refractivity contribution in [3.05, 3.63) is 0 Å². The SMILES string of the molecule is CNCCCC(=O)N(CC(=O)O)C(C)(C)C. The van der Waals surface area contributed by atoms with Gasteiger partial charge >= 0.3 is 5.97 Å². The summed E-state index contributed by atoms with van der Waals surface area (Å²) in [6, 6.07) is 0. The molecular weight excluding hydrogens is 208 g/mol. The molecule has 0 aromatic rings. The van der Waals surface area contributed by atoms with Crippen molar-refractivity contribution in [3.63, 3.8) is 0 Å². The maximum atomic E-state index is 11.8. The standard InChI is InChI=1S/C11H22N2O3/c1-11(2,3)13(8-10(15)16)9(14)6-5-7-12-4/h12H,5-8H2,1-4H3,(H,15,16). The van der Waals surface area contributed by atoms with Crippen LogP contribution in [0.5, 0.6) is 0 Å². The van der Waals surface area contributed by atoms with E-state index in [9.17, 15) is 9.59 Å². The van der Waals surface area contributed by atoms with Gasteiger partial charge in [0, 0.05) is 12.0 Å². The molecule has 94 valence electrons. The maximum absolute atomic E-state index is 11.8. The van der Waals surface area contributed by atoms with E-state index in [4.69, 9.17) is 5.11 Å². The van der Waals surface area contributed by atoms with Gasteiger partial charge in [0.15, 0.2) is 0 Å². The summed E-state index contributed by atoms with van der Waals surface area (Å²) < 4.78 is 0. The van der Waals surface area contributed by atoms with Crippen molar-refractivity contribution in [3.8, 4) is 0 Å². The van der Waals surface area contributed by atoms with Gasteiger partial charge in [-0.3, -0.25) is 9.59 Å². The predicted octanol–water partition coefficient (Wildman–Crippen LogP) is 0.698. The van der Waals surface area contributed by atoms with Crippen LogP contribution in [0.25, 0.3) is 0 Å². The van der Waals surface area contributed by atoms with Crippen LogP contribution in [0.4, 0.5) is 0 Å². The van der Waals surface area contributed by atoms with Gasteiger partial charge in [0.2, 0.25) is 5.91 Å². The van der Waals surface area contributed by atoms with E-state index in [1.807, 2.05) is 27.8 Å². The highest BCUT2D eigenvalue weighted by atomic mass is 16.4. The molecule has 0 aliphatic carbocycles. The molecule has 5 heteroatoms. The molecule has 0 aliphatic heterocycles. The molecular formula is C11H22N2O3. The first-order valence-corrected chi connectivity index (χ1v) is 5.46. The van der Waals surface area contributed by atoms with Crippen molar-refractivity contribution in [2.24, 2.45) is 0 Å². The lowest BCUT2D eigenvalue weighted by Gasteiger charge is -2.34. The Bertz CT molecular complexity index is 246. The van der Waals surface area contributed by atoms with E-state index in [-0.39, 0.29) is 12.5 Å². The Labute approximate surface area is 96.8 Å². The summed E-state index contributed by atoms with van der Waals surface area (Å²) in [5, 5.41) is 11.7. The van der Waals surface area contributed by atoms with Gasteiger partial charge in [-0.2, -0.15) is 0 Å². The molecule has 1 amide bonds. The van der Waals surface area contributed by atoms with E-state index < -0.39 is 11.5 Å². The van der Waals surface area contributed by atoms with Crippen LogP contribution in [-0.2, 0) is 9.59 Å². The van der Waals surface area contributed by atoms with Gasteiger partial charge in [0.25, 0.3) is 0 Å². The fourth-order valence-electron chi connectivity index (χ4n) is 1.39. The van der Waals surface area contributed by atoms with E-state index >= 15 is 0 Å². The topological polar surface area (TPSA) is 69.6 Å². The summed E-state index contributed by atoms with van der Waals surface area (Å²) in [6.45, 7) is 6.04. The monoisotopic (exact) mass is 230 g/mol. The van der Waals surface area contributed by atoms with Crippen molar-refractivity contribution in [1.29, 1.82) is 0 Å². The maximum Gasteiger partial charge on any atom is 0.323 e. The lowest BCUT2D eigenvalue weighted by atomic mass is 10.0. The number of rotatable bonds is 6. The van der Waals surface area contributed by atoms with Crippen LogP contribution in [0.15, 0.2) is 0 Å². The Morgan fingerprint density at radius 3 is 2.25 bits per heavy atom. The molecule has 0 unspecified atom stereocenters. The first-order valence-electron chi connectivity index (χ1n) is 5.46. The lowest BCUT2D eigenvalue weighted by molar-refractivity contribution is -0.148. The average Bonchev–Trinajstić information content (AvgIpc) is 2.12. The first-order chi connectivity index (χ1) is 7.29. The lowest BCUT2D eigenvalue weighted by Crippen LogP contribution is -2.48. The number of nitrogens with one attached hydrogen (secondary N) is 1. The molecule has 0 saturated heterocycles. The number of carbonyl (C=O) groups excluding carboxylic acids is 1. The van der Waals surface area contributed by atoms with Crippen LogP contribution >= 0.6 is 0 Å². The van der Waals surface area contributed by atoms with Crippen LogP contribution < -0.4 is 5.32 Å².